The third-order valence-electron chi connectivity index (χ3n) is 3.20. The Kier molecular flexibility index (Phi) is 4.90. The van der Waals surface area contributed by atoms with E-state index in [0.29, 0.717) is 28.7 Å². The summed E-state index contributed by atoms with van der Waals surface area (Å²) in [6, 6.07) is 9.21. The van der Waals surface area contributed by atoms with E-state index in [1.165, 1.54) is 18.2 Å². The molecule has 6 heteroatoms. The number of ether oxygens (including phenoxy) is 1. The van der Waals surface area contributed by atoms with Gasteiger partial charge in [0.15, 0.2) is 0 Å². The van der Waals surface area contributed by atoms with Crippen LogP contribution in [0.5, 0.6) is 5.75 Å². The number of aromatic carboxylic acids is 1. The number of carboxylic acids is 1. The van der Waals surface area contributed by atoms with Gasteiger partial charge in [-0.3, -0.25) is 4.79 Å². The monoisotopic (exact) mass is 307 g/mol. The van der Waals surface area contributed by atoms with Crippen LogP contribution in [0.25, 0.3) is 21.9 Å². The summed E-state index contributed by atoms with van der Waals surface area (Å²) in [6.07, 6.45) is 0. The van der Waals surface area contributed by atoms with Crippen LogP contribution in [0.15, 0.2) is 45.6 Å². The second kappa shape index (κ2) is 6.52. The van der Waals surface area contributed by atoms with Gasteiger partial charge in [0, 0.05) is 29.6 Å². The van der Waals surface area contributed by atoms with Crippen LogP contribution in [-0.2, 0) is 0 Å². The summed E-state index contributed by atoms with van der Waals surface area (Å²) >= 11 is 0. The minimum absolute atomic E-state index is 0. The van der Waals surface area contributed by atoms with E-state index in [2.05, 4.69) is 0 Å². The van der Waals surface area contributed by atoms with Crippen LogP contribution in [-0.4, -0.2) is 47.2 Å². The molecule has 22 heavy (non-hydrogen) atoms. The molecule has 3 aromatic rings. The fourth-order valence-electron chi connectivity index (χ4n) is 2.22. The Morgan fingerprint density at radius 2 is 1.91 bits per heavy atom. The molecule has 0 fully saturated rings. The summed E-state index contributed by atoms with van der Waals surface area (Å²) in [4.78, 5) is 23.4. The van der Waals surface area contributed by atoms with E-state index < -0.39 is 5.97 Å². The van der Waals surface area contributed by atoms with Gasteiger partial charge in [-0.15, -0.1) is 0 Å². The van der Waals surface area contributed by atoms with Crippen molar-refractivity contribution in [2.75, 3.05) is 6.61 Å². The largest absolute Gasteiger partial charge is 0.494 e. The van der Waals surface area contributed by atoms with E-state index in [1.807, 2.05) is 6.92 Å². The molecule has 107 valence electrons. The molecule has 0 spiro atoms. The Morgan fingerprint density at radius 3 is 2.59 bits per heavy atom. The zero-order valence-corrected chi connectivity index (χ0v) is 14.3. The minimum Gasteiger partial charge on any atom is -0.494 e. The molecule has 0 aliphatic carbocycles. The molecule has 0 bridgehead atoms. The van der Waals surface area contributed by atoms with Crippen LogP contribution >= 0.6 is 0 Å². The van der Waals surface area contributed by atoms with Crippen molar-refractivity contribution in [2.45, 2.75) is 6.92 Å². The summed E-state index contributed by atoms with van der Waals surface area (Å²) in [6.45, 7) is 2.37. The normalized spacial score (nSPS) is 10.4. The fourth-order valence-corrected chi connectivity index (χ4v) is 2.22. The molecular formula is C16H12NaO5. The van der Waals surface area contributed by atoms with Crippen molar-refractivity contribution in [3.8, 4) is 5.75 Å². The maximum Gasteiger partial charge on any atom is 0.335 e. The van der Waals surface area contributed by atoms with Gasteiger partial charge < -0.3 is 14.3 Å². The Bertz CT molecular complexity index is 913. The van der Waals surface area contributed by atoms with Crippen LogP contribution in [0.4, 0.5) is 0 Å². The molecule has 3 rings (SSSR count). The predicted molar refractivity (Wildman–Crippen MR) is 83.9 cm³/mol. The molecule has 1 N–H and O–H groups in total. The molecule has 0 saturated heterocycles. The molecule has 0 aliphatic heterocycles. The van der Waals surface area contributed by atoms with E-state index in [-0.39, 0.29) is 46.1 Å². The molecule has 1 heterocycles. The number of carbonyl (C=O) groups is 1. The Morgan fingerprint density at radius 1 is 1.14 bits per heavy atom. The third-order valence-corrected chi connectivity index (χ3v) is 3.20. The van der Waals surface area contributed by atoms with Crippen LogP contribution in [0, 0.1) is 0 Å². The van der Waals surface area contributed by atoms with Crippen LogP contribution in [0.1, 0.15) is 17.3 Å². The predicted octanol–water partition coefficient (Wildman–Crippen LogP) is 2.66. The summed E-state index contributed by atoms with van der Waals surface area (Å²) in [7, 11) is 0. The van der Waals surface area contributed by atoms with Gasteiger partial charge in [-0.05, 0) is 43.3 Å². The van der Waals surface area contributed by atoms with Gasteiger partial charge in [-0.25, -0.2) is 4.79 Å². The van der Waals surface area contributed by atoms with Gasteiger partial charge in [0.25, 0.3) is 0 Å². The van der Waals surface area contributed by atoms with E-state index >= 15 is 0 Å². The van der Waals surface area contributed by atoms with Crippen molar-refractivity contribution < 1.29 is 19.1 Å². The summed E-state index contributed by atoms with van der Waals surface area (Å²) < 4.78 is 11.0. The van der Waals surface area contributed by atoms with E-state index in [9.17, 15) is 9.59 Å². The molecule has 0 amide bonds. The molecule has 1 radical (unpaired) electrons. The topological polar surface area (TPSA) is 76.7 Å². The molecule has 2 aromatic carbocycles. The van der Waals surface area contributed by atoms with E-state index in [0.717, 1.165) is 0 Å². The number of rotatable bonds is 3. The molecule has 0 atom stereocenters. The van der Waals surface area contributed by atoms with Crippen molar-refractivity contribution >= 4 is 57.5 Å². The van der Waals surface area contributed by atoms with Crippen LogP contribution in [0.2, 0.25) is 0 Å². The quantitative estimate of drug-likeness (QED) is 0.594. The first-order chi connectivity index (χ1) is 10.1. The van der Waals surface area contributed by atoms with Crippen molar-refractivity contribution in [3.05, 3.63) is 52.2 Å². The van der Waals surface area contributed by atoms with Crippen molar-refractivity contribution in [2.24, 2.45) is 0 Å². The van der Waals surface area contributed by atoms with Gasteiger partial charge >= 0.3 is 5.97 Å². The van der Waals surface area contributed by atoms with Crippen LogP contribution in [0.3, 0.4) is 0 Å². The number of hydrogen-bond donors (Lipinski definition) is 1. The molecule has 0 unspecified atom stereocenters. The maximum atomic E-state index is 12.5. The standard InChI is InChI=1S/C16H12O5.Na/c1-2-20-10-4-6-13-12(8-10)15(17)11-5-3-9(16(18)19)7-14(11)21-13;/h3-8H,2H2,1H3,(H,18,19);. The number of hydrogen-bond acceptors (Lipinski definition) is 4. The summed E-state index contributed by atoms with van der Waals surface area (Å²) in [5.74, 6) is -0.467. The van der Waals surface area contributed by atoms with E-state index in [4.69, 9.17) is 14.3 Å². The maximum absolute atomic E-state index is 12.5. The zero-order chi connectivity index (χ0) is 15.0. The van der Waals surface area contributed by atoms with Crippen LogP contribution < -0.4 is 10.2 Å². The SMILES string of the molecule is CCOc1ccc2oc3cc(C(=O)O)ccc3c(=O)c2c1.[Na]. The molecule has 0 aliphatic rings. The van der Waals surface area contributed by atoms with Gasteiger partial charge in [0.1, 0.15) is 16.9 Å². The molecular weight excluding hydrogens is 295 g/mol. The van der Waals surface area contributed by atoms with Gasteiger partial charge in [0.2, 0.25) is 5.43 Å². The average Bonchev–Trinajstić information content (AvgIpc) is 2.48. The number of fused-ring (bicyclic) bond motifs is 2. The van der Waals surface area contributed by atoms with Crippen molar-refractivity contribution in [3.63, 3.8) is 0 Å². The zero-order valence-electron chi connectivity index (χ0n) is 12.3. The molecule has 5 nitrogen and oxygen atoms in total. The summed E-state index contributed by atoms with van der Waals surface area (Å²) in [5, 5.41) is 9.75. The van der Waals surface area contributed by atoms with Gasteiger partial charge in [0.05, 0.1) is 22.9 Å². The van der Waals surface area contributed by atoms with Crippen molar-refractivity contribution in [1.82, 2.24) is 0 Å². The first kappa shape index (κ1) is 16.5. The smallest absolute Gasteiger partial charge is 0.335 e. The van der Waals surface area contributed by atoms with Crippen molar-refractivity contribution in [1.29, 1.82) is 0 Å². The molecule has 0 saturated carbocycles. The molecule has 1 aromatic heterocycles. The first-order valence-corrected chi connectivity index (χ1v) is 6.47. The Labute approximate surface area is 147 Å². The third kappa shape index (κ3) is 2.88. The summed E-state index contributed by atoms with van der Waals surface area (Å²) in [5.41, 5.74) is 0.538. The first-order valence-electron chi connectivity index (χ1n) is 6.47. The Balaban J connectivity index is 0.00000176. The number of benzene rings is 2. The van der Waals surface area contributed by atoms with E-state index in [1.54, 1.807) is 18.2 Å². The Hall–Kier alpha value is -1.82. The average molecular weight is 307 g/mol. The second-order valence-electron chi connectivity index (χ2n) is 4.54. The van der Waals surface area contributed by atoms with Gasteiger partial charge in [-0.2, -0.15) is 0 Å². The second-order valence-corrected chi connectivity index (χ2v) is 4.54. The minimum atomic E-state index is -1.06. The fraction of sp³-hybridized carbons (Fsp3) is 0.125. The number of carboxylic acid groups (broad SMARTS) is 1. The van der Waals surface area contributed by atoms with Gasteiger partial charge in [-0.1, -0.05) is 0 Å².